The van der Waals surface area contributed by atoms with E-state index in [0.29, 0.717) is 23.6 Å². The van der Waals surface area contributed by atoms with E-state index in [1.54, 1.807) is 43.8 Å². The maximum Gasteiger partial charge on any atom is 0.260 e. The van der Waals surface area contributed by atoms with Crippen molar-refractivity contribution in [2.75, 3.05) is 48.3 Å². The van der Waals surface area contributed by atoms with Gasteiger partial charge in [0.15, 0.2) is 0 Å². The van der Waals surface area contributed by atoms with E-state index in [-0.39, 0.29) is 49.4 Å². The molecule has 0 aliphatic carbocycles. The molecule has 0 radical (unpaired) electrons. The molecule has 17 nitrogen and oxygen atoms in total. The second kappa shape index (κ2) is 32.7. The Morgan fingerprint density at radius 3 is 1.22 bits per heavy atom. The average molecular weight is 1380 g/mol. The van der Waals surface area contributed by atoms with Crippen molar-refractivity contribution in [2.24, 2.45) is 0 Å². The first-order valence-electron chi connectivity index (χ1n) is 34.3. The summed E-state index contributed by atoms with van der Waals surface area (Å²) in [7, 11) is 4.99. The highest BCUT2D eigenvalue weighted by Crippen LogP contribution is 2.51. The molecule has 8 aromatic carbocycles. The third-order valence-electron chi connectivity index (χ3n) is 18.9. The molecule has 2 aromatic heterocycles. The van der Waals surface area contributed by atoms with Crippen molar-refractivity contribution in [1.82, 2.24) is 13.8 Å². The first kappa shape index (κ1) is 73.2. The lowest BCUT2D eigenvalue weighted by Gasteiger charge is -2.40. The summed E-state index contributed by atoms with van der Waals surface area (Å²) < 4.78 is 68.8. The number of pyridine rings is 2. The number of nitrogens with zero attached hydrogens (tertiary/aromatic N) is 4. The van der Waals surface area contributed by atoms with Gasteiger partial charge in [-0.25, -0.2) is 4.67 Å². The van der Waals surface area contributed by atoms with E-state index in [0.717, 1.165) is 89.4 Å². The molecule has 0 spiro atoms. The summed E-state index contributed by atoms with van der Waals surface area (Å²) in [5.74, 6) is 2.89. The smallest absolute Gasteiger partial charge is 0.260 e. The van der Waals surface area contributed by atoms with Crippen LogP contribution in [0.2, 0.25) is 0 Å². The Bertz CT molecular complexity index is 4460. The van der Waals surface area contributed by atoms with Gasteiger partial charge in [0.25, 0.3) is 19.6 Å². The molecule has 18 heteroatoms. The molecule has 0 amide bonds. The monoisotopic (exact) mass is 1380 g/mol. The van der Waals surface area contributed by atoms with Crippen LogP contribution in [0, 0.1) is 39.0 Å². The molecule has 2 fully saturated rings. The van der Waals surface area contributed by atoms with Crippen LogP contribution in [0.15, 0.2) is 216 Å². The van der Waals surface area contributed by atoms with Gasteiger partial charge in [-0.05, 0) is 171 Å². The van der Waals surface area contributed by atoms with Gasteiger partial charge in [0, 0.05) is 37.3 Å². The fourth-order valence-corrected chi connectivity index (χ4v) is 15.9. The van der Waals surface area contributed by atoms with Gasteiger partial charge >= 0.3 is 0 Å². The number of aliphatic hydroxyl groups excluding tert-OH is 1. The van der Waals surface area contributed by atoms with Gasteiger partial charge in [-0.2, -0.15) is 5.26 Å². The molecule has 10 aromatic rings. The molecule has 12 rings (SSSR count). The third-order valence-corrected chi connectivity index (χ3v) is 21.0. The predicted octanol–water partition coefficient (Wildman–Crippen LogP) is 15.9. The molecule has 7 atom stereocenters. The fraction of sp³-hybridized carbons (Fsp3) is 0.337. The topological polar surface area (TPSA) is 184 Å². The molecule has 0 saturated carbocycles. The number of aromatic nitrogens is 2. The van der Waals surface area contributed by atoms with E-state index in [1.807, 2.05) is 216 Å². The van der Waals surface area contributed by atoms with E-state index in [1.165, 1.54) is 0 Å². The number of rotatable bonds is 26. The number of ether oxygens (including phenoxy) is 8. The van der Waals surface area contributed by atoms with Gasteiger partial charge in [0.1, 0.15) is 58.9 Å². The highest BCUT2D eigenvalue weighted by Gasteiger charge is 2.49. The van der Waals surface area contributed by atoms with Crippen LogP contribution < -0.4 is 30.1 Å². The van der Waals surface area contributed by atoms with Crippen LogP contribution in [0.3, 0.4) is 0 Å². The molecular formula is C83H91N4O13P. The van der Waals surface area contributed by atoms with Gasteiger partial charge in [-0.3, -0.25) is 18.7 Å². The fourth-order valence-electron chi connectivity index (χ4n) is 14.3. The van der Waals surface area contributed by atoms with Crippen molar-refractivity contribution in [2.45, 2.75) is 135 Å². The Morgan fingerprint density at radius 1 is 0.515 bits per heavy atom. The Morgan fingerprint density at radius 2 is 0.871 bits per heavy atom. The Kier molecular flexibility index (Phi) is 23.7. The lowest BCUT2D eigenvalue weighted by Crippen LogP contribution is -2.41. The number of aryl methyl sites for hydroxylation is 4. The highest BCUT2D eigenvalue weighted by atomic mass is 31.2. The van der Waals surface area contributed by atoms with E-state index in [4.69, 9.17) is 46.9 Å². The molecule has 2 aliphatic rings. The van der Waals surface area contributed by atoms with Crippen LogP contribution >= 0.6 is 8.53 Å². The lowest BCUT2D eigenvalue weighted by atomic mass is 9.79. The molecular weight excluding hydrogens is 1290 g/mol. The number of hydrogen-bond acceptors (Lipinski definition) is 15. The normalized spacial score (nSPS) is 18.0. The minimum absolute atomic E-state index is 0.112. The Hall–Kier alpha value is -9.02. The summed E-state index contributed by atoms with van der Waals surface area (Å²) in [6.07, 6.45) is 0.869. The molecule has 1 unspecified atom stereocenters. The van der Waals surface area contributed by atoms with Crippen LogP contribution in [0.4, 0.5) is 0 Å². The largest absolute Gasteiger partial charge is 0.497 e. The van der Waals surface area contributed by atoms with Gasteiger partial charge in [-0.15, -0.1) is 0 Å². The summed E-state index contributed by atoms with van der Waals surface area (Å²) >= 11 is 0. The van der Waals surface area contributed by atoms with Gasteiger partial charge in [-0.1, -0.05) is 145 Å². The number of methoxy groups -OCH3 is 4. The minimum atomic E-state index is -1.58. The zero-order chi connectivity index (χ0) is 71.5. The highest BCUT2D eigenvalue weighted by molar-refractivity contribution is 7.44. The zero-order valence-corrected chi connectivity index (χ0v) is 60.5. The van der Waals surface area contributed by atoms with Crippen molar-refractivity contribution >= 4 is 30.1 Å². The van der Waals surface area contributed by atoms with E-state index >= 15 is 0 Å². The van der Waals surface area contributed by atoms with E-state index < -0.39 is 56.6 Å². The van der Waals surface area contributed by atoms with Crippen LogP contribution in [-0.2, 0) is 39.2 Å². The van der Waals surface area contributed by atoms with Gasteiger partial charge in [0.05, 0.1) is 83.7 Å². The van der Waals surface area contributed by atoms with Crippen LogP contribution in [0.5, 0.6) is 23.0 Å². The maximum atomic E-state index is 14.3. The molecule has 101 heavy (non-hydrogen) atoms. The Labute approximate surface area is 593 Å². The second-order valence-corrected chi connectivity index (χ2v) is 27.7. The molecule has 0 bridgehead atoms. The van der Waals surface area contributed by atoms with Crippen molar-refractivity contribution < 1.29 is 52.0 Å². The van der Waals surface area contributed by atoms with Crippen LogP contribution in [-0.4, -0.2) is 104 Å². The van der Waals surface area contributed by atoms with Crippen molar-refractivity contribution in [1.29, 1.82) is 5.26 Å². The standard InChI is InChI=1S/C46H54N3O7P.C37H37NO6/c1-31(2)49(32(3)4)57(53-26-12-24-47)54-30-42-41(29-43(55-42)48-25-23-35-28-33(5)27-34(6)44(35)45(48)50)56-46(36-13-10-9-11-14-36,37-15-19-39(51-7)20-16-37)38-17-21-40(52-8)22-18-38;1-24-20-25(2)35-26(21-24)18-19-38(36(35)40)34-22-32(33(23-39)43-34)44-37(27-8-6-5-7-9-27,28-10-14-30(41-3)15-11-28)29-12-16-31(42-4)17-13-29/h9-11,13-23,25,27-28,31-32,41-43H,12,26,29-30H2,1-8H3;5-21,32-34,39H,22-23H2,1-4H3/t41-,42+,43+,57?;32-,33+,34+/m00/s1. The van der Waals surface area contributed by atoms with Crippen LogP contribution in [0.1, 0.15) is 115 Å². The first-order chi connectivity index (χ1) is 48.9. The summed E-state index contributed by atoms with van der Waals surface area (Å²) in [5, 5.41) is 23.0. The number of benzene rings is 8. The Balaban J connectivity index is 0.000000210. The van der Waals surface area contributed by atoms with E-state index in [9.17, 15) is 20.0 Å². The van der Waals surface area contributed by atoms with Crippen molar-refractivity contribution in [3.05, 3.63) is 283 Å². The number of aliphatic hydroxyl groups is 1. The molecule has 526 valence electrons. The quantitative estimate of drug-likeness (QED) is 0.0307. The molecule has 1 N–H and O–H groups in total. The second-order valence-electron chi connectivity index (χ2n) is 26.2. The van der Waals surface area contributed by atoms with Crippen LogP contribution in [0.25, 0.3) is 21.5 Å². The third kappa shape index (κ3) is 15.6. The summed E-state index contributed by atoms with van der Waals surface area (Å²) in [6, 6.07) is 66.1. The zero-order valence-electron chi connectivity index (χ0n) is 59.6. The van der Waals surface area contributed by atoms with Crippen molar-refractivity contribution in [3.63, 3.8) is 0 Å². The lowest BCUT2D eigenvalue weighted by molar-refractivity contribution is -0.0993. The summed E-state index contributed by atoms with van der Waals surface area (Å²) in [5.41, 5.74) is 6.90. The minimum Gasteiger partial charge on any atom is -0.497 e. The van der Waals surface area contributed by atoms with Gasteiger partial charge < -0.3 is 52.0 Å². The number of nitriles is 1. The summed E-state index contributed by atoms with van der Waals surface area (Å²) in [6.45, 7) is 16.5. The molecule has 2 saturated heterocycles. The molecule has 4 heterocycles. The first-order valence-corrected chi connectivity index (χ1v) is 35.4. The summed E-state index contributed by atoms with van der Waals surface area (Å²) in [4.78, 5) is 28.1. The number of hydrogen-bond donors (Lipinski definition) is 1. The average Bonchev–Trinajstić information content (AvgIpc) is 1.65. The molecule has 2 aliphatic heterocycles. The predicted molar refractivity (Wildman–Crippen MR) is 395 cm³/mol. The maximum absolute atomic E-state index is 14.3. The van der Waals surface area contributed by atoms with Crippen molar-refractivity contribution in [3.8, 4) is 29.1 Å². The number of fused-ring (bicyclic) bond motifs is 2. The SMILES string of the molecule is COc1ccc(C(O[C@H]2C[C@H](n3ccc4cc(C)cc(C)c4c3=O)O[C@@H]2CO)(c2ccccc2)c2ccc(OC)cc2)cc1.COc1ccc(C(O[C@H]2C[C@H](n3ccc4cc(C)cc(C)c4c3=O)O[C@@H]2COP(OCCC#N)N(C(C)C)C(C)C)(c2ccccc2)c2ccc(OC)cc2)cc1. The van der Waals surface area contributed by atoms with Gasteiger partial charge in [0.2, 0.25) is 0 Å². The van der Waals surface area contributed by atoms with E-state index in [2.05, 4.69) is 50.6 Å².